The van der Waals surface area contributed by atoms with Crippen molar-refractivity contribution in [2.75, 3.05) is 19.8 Å². The van der Waals surface area contributed by atoms with Gasteiger partial charge >= 0.3 is 0 Å². The Balaban J connectivity index is 1.42. The summed E-state index contributed by atoms with van der Waals surface area (Å²) in [6.07, 6.45) is 0.774. The molecule has 2 aliphatic rings. The molecule has 0 aromatic heterocycles. The molecule has 1 atom stereocenters. The van der Waals surface area contributed by atoms with Crippen molar-refractivity contribution < 1.29 is 19.0 Å². The van der Waals surface area contributed by atoms with E-state index in [9.17, 15) is 4.79 Å². The molecule has 1 amide bonds. The second kappa shape index (κ2) is 5.83. The third-order valence-corrected chi connectivity index (χ3v) is 4.01. The number of para-hydroxylation sites is 2. The van der Waals surface area contributed by atoms with E-state index in [0.29, 0.717) is 36.8 Å². The Kier molecular flexibility index (Phi) is 3.54. The van der Waals surface area contributed by atoms with E-state index in [1.807, 2.05) is 24.3 Å². The first-order chi connectivity index (χ1) is 11.3. The molecule has 2 aromatic rings. The number of fused-ring (bicyclic) bond motifs is 2. The Morgan fingerprint density at radius 2 is 1.87 bits per heavy atom. The molecule has 118 valence electrons. The summed E-state index contributed by atoms with van der Waals surface area (Å²) in [5, 5.41) is 2.93. The van der Waals surface area contributed by atoms with Crippen LogP contribution in [-0.4, -0.2) is 31.8 Å². The Bertz CT molecular complexity index is 719. The highest BCUT2D eigenvalue weighted by molar-refractivity contribution is 5.97. The van der Waals surface area contributed by atoms with Gasteiger partial charge in [0.05, 0.1) is 12.1 Å². The topological polar surface area (TPSA) is 56.8 Å². The molecule has 5 nitrogen and oxygen atoms in total. The van der Waals surface area contributed by atoms with Crippen molar-refractivity contribution >= 4 is 5.91 Å². The zero-order valence-corrected chi connectivity index (χ0v) is 12.6. The van der Waals surface area contributed by atoms with E-state index in [0.717, 1.165) is 12.2 Å². The molecule has 0 fully saturated rings. The van der Waals surface area contributed by atoms with E-state index in [1.54, 1.807) is 12.1 Å². The van der Waals surface area contributed by atoms with Crippen LogP contribution < -0.4 is 19.5 Å². The normalized spacial score (nSPS) is 18.0. The number of ether oxygens (including phenoxy) is 3. The lowest BCUT2D eigenvalue weighted by Gasteiger charge is -2.21. The van der Waals surface area contributed by atoms with Crippen LogP contribution in [-0.2, 0) is 6.42 Å². The van der Waals surface area contributed by atoms with E-state index in [4.69, 9.17) is 14.2 Å². The number of nitrogens with one attached hydrogen (secondary N) is 1. The molecular weight excluding hydrogens is 294 g/mol. The minimum absolute atomic E-state index is 0.0342. The molecule has 2 heterocycles. The van der Waals surface area contributed by atoms with Crippen molar-refractivity contribution in [2.24, 2.45) is 0 Å². The summed E-state index contributed by atoms with van der Waals surface area (Å²) in [6, 6.07) is 13.3. The fourth-order valence-corrected chi connectivity index (χ4v) is 2.92. The van der Waals surface area contributed by atoms with Crippen molar-refractivity contribution in [3.63, 3.8) is 0 Å². The summed E-state index contributed by atoms with van der Waals surface area (Å²) in [4.78, 5) is 12.4. The van der Waals surface area contributed by atoms with Crippen LogP contribution in [0.1, 0.15) is 15.9 Å². The van der Waals surface area contributed by atoms with Crippen LogP contribution in [0.15, 0.2) is 42.5 Å². The molecule has 2 aliphatic heterocycles. The molecule has 0 saturated heterocycles. The maximum atomic E-state index is 12.4. The largest absolute Gasteiger partial charge is 0.488 e. The van der Waals surface area contributed by atoms with Crippen molar-refractivity contribution in [3.8, 4) is 17.2 Å². The van der Waals surface area contributed by atoms with Crippen LogP contribution in [0, 0.1) is 0 Å². The predicted molar refractivity (Wildman–Crippen MR) is 84.3 cm³/mol. The third kappa shape index (κ3) is 2.70. The van der Waals surface area contributed by atoms with Crippen molar-refractivity contribution in [3.05, 3.63) is 53.6 Å². The molecule has 23 heavy (non-hydrogen) atoms. The molecule has 0 spiro atoms. The molecule has 5 heteroatoms. The number of hydrogen-bond donors (Lipinski definition) is 1. The first kappa shape index (κ1) is 13.9. The summed E-state index contributed by atoms with van der Waals surface area (Å²) in [5.41, 5.74) is 1.68. The third-order valence-electron chi connectivity index (χ3n) is 4.01. The van der Waals surface area contributed by atoms with Crippen LogP contribution in [0.3, 0.4) is 0 Å². The number of benzene rings is 2. The van der Waals surface area contributed by atoms with Gasteiger partial charge in [-0.1, -0.05) is 24.3 Å². The lowest BCUT2D eigenvalue weighted by atomic mass is 10.1. The quantitative estimate of drug-likeness (QED) is 0.944. The van der Waals surface area contributed by atoms with Gasteiger partial charge in [0, 0.05) is 6.42 Å². The molecule has 0 radical (unpaired) electrons. The monoisotopic (exact) mass is 311 g/mol. The Morgan fingerprint density at radius 3 is 2.78 bits per heavy atom. The maximum Gasteiger partial charge on any atom is 0.255 e. The Hall–Kier alpha value is -2.69. The lowest BCUT2D eigenvalue weighted by Crippen LogP contribution is -2.35. The SMILES string of the molecule is O=C(NCC1Cc2ccccc2O1)c1cccc2c1OCCO2. The minimum Gasteiger partial charge on any atom is -0.488 e. The van der Waals surface area contributed by atoms with Crippen LogP contribution in [0.2, 0.25) is 0 Å². The molecular formula is C18H17NO4. The molecule has 2 aromatic carbocycles. The first-order valence-electron chi connectivity index (χ1n) is 7.72. The Labute approximate surface area is 134 Å². The van der Waals surface area contributed by atoms with Gasteiger partial charge in [0.1, 0.15) is 25.1 Å². The molecule has 0 bridgehead atoms. The summed E-state index contributed by atoms with van der Waals surface area (Å²) >= 11 is 0. The van der Waals surface area contributed by atoms with Gasteiger partial charge < -0.3 is 19.5 Å². The van der Waals surface area contributed by atoms with Gasteiger partial charge in [-0.2, -0.15) is 0 Å². The average Bonchev–Trinajstić information content (AvgIpc) is 3.02. The van der Waals surface area contributed by atoms with Gasteiger partial charge in [0.2, 0.25) is 0 Å². The van der Waals surface area contributed by atoms with Crippen molar-refractivity contribution in [1.29, 1.82) is 0 Å². The zero-order valence-electron chi connectivity index (χ0n) is 12.6. The summed E-state index contributed by atoms with van der Waals surface area (Å²) in [5.74, 6) is 1.87. The summed E-state index contributed by atoms with van der Waals surface area (Å²) < 4.78 is 16.9. The second-order valence-electron chi connectivity index (χ2n) is 5.59. The number of hydrogen-bond acceptors (Lipinski definition) is 4. The summed E-state index contributed by atoms with van der Waals surface area (Å²) in [6.45, 7) is 1.42. The zero-order chi connectivity index (χ0) is 15.6. The van der Waals surface area contributed by atoms with Crippen LogP contribution >= 0.6 is 0 Å². The maximum absolute atomic E-state index is 12.4. The molecule has 0 aliphatic carbocycles. The first-order valence-corrected chi connectivity index (χ1v) is 7.72. The highest BCUT2D eigenvalue weighted by Crippen LogP contribution is 2.33. The fraction of sp³-hybridized carbons (Fsp3) is 0.278. The van der Waals surface area contributed by atoms with E-state index >= 15 is 0 Å². The number of carbonyl (C=O) groups excluding carboxylic acids is 1. The standard InChI is InChI=1S/C18H17NO4/c20-18(14-5-3-7-16-17(14)22-9-8-21-16)19-11-13-10-12-4-1-2-6-15(12)23-13/h1-7,13H,8-11H2,(H,19,20). The lowest BCUT2D eigenvalue weighted by molar-refractivity contribution is 0.0922. The fourth-order valence-electron chi connectivity index (χ4n) is 2.92. The second-order valence-corrected chi connectivity index (χ2v) is 5.59. The van der Waals surface area contributed by atoms with Gasteiger partial charge in [0.25, 0.3) is 5.91 Å². The van der Waals surface area contributed by atoms with Gasteiger partial charge in [-0.15, -0.1) is 0 Å². The van der Waals surface area contributed by atoms with Crippen LogP contribution in [0.25, 0.3) is 0 Å². The number of carbonyl (C=O) groups is 1. The smallest absolute Gasteiger partial charge is 0.255 e. The van der Waals surface area contributed by atoms with E-state index in [1.165, 1.54) is 5.56 Å². The molecule has 4 rings (SSSR count). The van der Waals surface area contributed by atoms with Crippen LogP contribution in [0.5, 0.6) is 17.2 Å². The number of amides is 1. The highest BCUT2D eigenvalue weighted by Gasteiger charge is 2.24. The van der Waals surface area contributed by atoms with Crippen molar-refractivity contribution in [1.82, 2.24) is 5.32 Å². The highest BCUT2D eigenvalue weighted by atomic mass is 16.6. The molecule has 0 saturated carbocycles. The van der Waals surface area contributed by atoms with Crippen molar-refractivity contribution in [2.45, 2.75) is 12.5 Å². The van der Waals surface area contributed by atoms with Gasteiger partial charge in [-0.3, -0.25) is 4.79 Å². The number of rotatable bonds is 3. The van der Waals surface area contributed by atoms with E-state index < -0.39 is 0 Å². The van der Waals surface area contributed by atoms with Gasteiger partial charge in [-0.25, -0.2) is 0 Å². The minimum atomic E-state index is -0.174. The van der Waals surface area contributed by atoms with Crippen LogP contribution in [0.4, 0.5) is 0 Å². The Morgan fingerprint density at radius 1 is 1.04 bits per heavy atom. The molecule has 1 unspecified atom stereocenters. The van der Waals surface area contributed by atoms with Gasteiger partial charge in [-0.05, 0) is 23.8 Å². The molecule has 1 N–H and O–H groups in total. The summed E-state index contributed by atoms with van der Waals surface area (Å²) in [7, 11) is 0. The van der Waals surface area contributed by atoms with Gasteiger partial charge in [0.15, 0.2) is 11.5 Å². The predicted octanol–water partition coefficient (Wildman–Crippen LogP) is 2.19. The average molecular weight is 311 g/mol. The van der Waals surface area contributed by atoms with E-state index in [-0.39, 0.29) is 12.0 Å². The van der Waals surface area contributed by atoms with E-state index in [2.05, 4.69) is 11.4 Å².